The third-order valence-corrected chi connectivity index (χ3v) is 3.18. The molecule has 0 bridgehead atoms. The Hall–Kier alpha value is -1.13. The van der Waals surface area contributed by atoms with Gasteiger partial charge >= 0.3 is 0 Å². The monoisotopic (exact) mass is 252 g/mol. The van der Waals surface area contributed by atoms with Crippen LogP contribution >= 0.6 is 0 Å². The maximum absolute atomic E-state index is 12.0. The first-order valence-electron chi connectivity index (χ1n) is 6.77. The van der Waals surface area contributed by atoms with Gasteiger partial charge < -0.3 is 15.4 Å². The van der Waals surface area contributed by atoms with Gasteiger partial charge in [0.15, 0.2) is 0 Å². The average Bonchev–Trinajstić information content (AvgIpc) is 2.35. The molecule has 0 aromatic carbocycles. The highest BCUT2D eigenvalue weighted by Crippen LogP contribution is 2.28. The summed E-state index contributed by atoms with van der Waals surface area (Å²) in [6, 6.07) is 3.73. The average molecular weight is 252 g/mol. The fourth-order valence-corrected chi connectivity index (χ4v) is 2.20. The molecule has 4 heteroatoms. The highest BCUT2D eigenvalue weighted by molar-refractivity contribution is 5.11. The van der Waals surface area contributed by atoms with E-state index in [1.807, 2.05) is 32.2 Å². The van der Waals surface area contributed by atoms with E-state index in [0.717, 1.165) is 18.4 Å². The van der Waals surface area contributed by atoms with E-state index in [9.17, 15) is 9.90 Å². The van der Waals surface area contributed by atoms with Crippen molar-refractivity contribution in [1.82, 2.24) is 4.57 Å². The number of rotatable bonds is 4. The van der Waals surface area contributed by atoms with E-state index < -0.39 is 0 Å². The van der Waals surface area contributed by atoms with Gasteiger partial charge in [-0.2, -0.15) is 0 Å². The Morgan fingerprint density at radius 1 is 1.44 bits per heavy atom. The lowest BCUT2D eigenvalue weighted by Crippen LogP contribution is -2.35. The Balaban J connectivity index is 0.000000771. The topological polar surface area (TPSA) is 68.2 Å². The van der Waals surface area contributed by atoms with Gasteiger partial charge in [-0.05, 0) is 37.8 Å². The lowest BCUT2D eigenvalue weighted by Gasteiger charge is -2.31. The SMILES string of the molecule is CC.NCCc1cccn(CC2CC(O)C2)c1=O. The van der Waals surface area contributed by atoms with Crippen LogP contribution in [0.5, 0.6) is 0 Å². The molecule has 0 unspecified atom stereocenters. The second kappa shape index (κ2) is 7.34. The van der Waals surface area contributed by atoms with Crippen LogP contribution < -0.4 is 11.3 Å². The molecule has 0 amide bonds. The Morgan fingerprint density at radius 2 is 2.11 bits per heavy atom. The largest absolute Gasteiger partial charge is 0.393 e. The summed E-state index contributed by atoms with van der Waals surface area (Å²) in [5.74, 6) is 0.445. The molecule has 1 aliphatic rings. The number of hydrogen-bond acceptors (Lipinski definition) is 3. The Morgan fingerprint density at radius 3 is 2.67 bits per heavy atom. The summed E-state index contributed by atoms with van der Waals surface area (Å²) in [7, 11) is 0. The van der Waals surface area contributed by atoms with Crippen LogP contribution in [0.1, 0.15) is 32.3 Å². The molecule has 0 atom stereocenters. The third kappa shape index (κ3) is 3.68. The van der Waals surface area contributed by atoms with Gasteiger partial charge in [0.25, 0.3) is 5.56 Å². The first kappa shape index (κ1) is 14.9. The minimum Gasteiger partial charge on any atom is -0.393 e. The minimum absolute atomic E-state index is 0.0642. The molecule has 0 saturated heterocycles. The predicted octanol–water partition coefficient (Wildman–Crippen LogP) is 1.15. The Bertz CT molecular complexity index is 409. The van der Waals surface area contributed by atoms with Gasteiger partial charge in [-0.25, -0.2) is 0 Å². The molecule has 3 N–H and O–H groups in total. The number of aliphatic hydroxyl groups is 1. The third-order valence-electron chi connectivity index (χ3n) is 3.18. The summed E-state index contributed by atoms with van der Waals surface area (Å²) in [6.07, 6.45) is 3.91. The van der Waals surface area contributed by atoms with Gasteiger partial charge in [-0.3, -0.25) is 4.79 Å². The second-order valence-electron chi connectivity index (χ2n) is 4.52. The zero-order valence-electron chi connectivity index (χ0n) is 11.3. The Kier molecular flexibility index (Phi) is 6.09. The minimum atomic E-state index is -0.159. The molecule has 0 spiro atoms. The maximum Gasteiger partial charge on any atom is 0.253 e. The van der Waals surface area contributed by atoms with Crippen molar-refractivity contribution in [3.8, 4) is 0 Å². The van der Waals surface area contributed by atoms with Crippen LogP contribution in [0.15, 0.2) is 23.1 Å². The first-order chi connectivity index (χ1) is 8.70. The van der Waals surface area contributed by atoms with E-state index in [1.54, 1.807) is 4.57 Å². The number of pyridine rings is 1. The van der Waals surface area contributed by atoms with Crippen LogP contribution in [0.2, 0.25) is 0 Å². The number of aliphatic hydroxyl groups excluding tert-OH is 1. The van der Waals surface area contributed by atoms with E-state index in [0.29, 0.717) is 25.4 Å². The van der Waals surface area contributed by atoms with Gasteiger partial charge in [0.05, 0.1) is 6.10 Å². The highest BCUT2D eigenvalue weighted by atomic mass is 16.3. The van der Waals surface area contributed by atoms with E-state index in [4.69, 9.17) is 5.73 Å². The van der Waals surface area contributed by atoms with Crippen molar-refractivity contribution < 1.29 is 5.11 Å². The maximum atomic E-state index is 12.0. The smallest absolute Gasteiger partial charge is 0.253 e. The van der Waals surface area contributed by atoms with E-state index in [2.05, 4.69) is 0 Å². The van der Waals surface area contributed by atoms with Gasteiger partial charge in [0, 0.05) is 18.3 Å². The molecule has 2 rings (SSSR count). The van der Waals surface area contributed by atoms with Crippen LogP contribution in [0.25, 0.3) is 0 Å². The van der Waals surface area contributed by atoms with Gasteiger partial charge in [-0.15, -0.1) is 0 Å². The van der Waals surface area contributed by atoms with Crippen molar-refractivity contribution >= 4 is 0 Å². The second-order valence-corrected chi connectivity index (χ2v) is 4.52. The number of nitrogens with zero attached hydrogens (tertiary/aromatic N) is 1. The number of nitrogens with two attached hydrogens (primary N) is 1. The summed E-state index contributed by atoms with van der Waals surface area (Å²) in [6.45, 7) is 5.22. The zero-order chi connectivity index (χ0) is 13.5. The van der Waals surface area contributed by atoms with Crippen LogP contribution in [0.3, 0.4) is 0 Å². The lowest BCUT2D eigenvalue weighted by molar-refractivity contribution is 0.0347. The molecule has 102 valence electrons. The molecule has 1 aromatic heterocycles. The van der Waals surface area contributed by atoms with Crippen LogP contribution in [0, 0.1) is 5.92 Å². The molecule has 1 fully saturated rings. The summed E-state index contributed by atoms with van der Waals surface area (Å²) >= 11 is 0. The molecule has 18 heavy (non-hydrogen) atoms. The molecule has 4 nitrogen and oxygen atoms in total. The van der Waals surface area contributed by atoms with Crippen molar-refractivity contribution in [2.75, 3.05) is 6.54 Å². The van der Waals surface area contributed by atoms with Crippen LogP contribution in [0.4, 0.5) is 0 Å². The lowest BCUT2D eigenvalue weighted by atomic mass is 9.82. The normalized spacial score (nSPS) is 21.8. The highest BCUT2D eigenvalue weighted by Gasteiger charge is 2.27. The quantitative estimate of drug-likeness (QED) is 0.844. The molecule has 1 saturated carbocycles. The summed E-state index contributed by atoms with van der Waals surface area (Å²) in [4.78, 5) is 12.0. The van der Waals surface area contributed by atoms with Gasteiger partial charge in [0.2, 0.25) is 0 Å². The summed E-state index contributed by atoms with van der Waals surface area (Å²) < 4.78 is 1.74. The molecule has 0 radical (unpaired) electrons. The van der Waals surface area contributed by atoms with Gasteiger partial charge in [-0.1, -0.05) is 19.9 Å². The molecule has 0 aliphatic heterocycles. The fourth-order valence-electron chi connectivity index (χ4n) is 2.20. The molecule has 1 aliphatic carbocycles. The predicted molar refractivity (Wildman–Crippen MR) is 73.5 cm³/mol. The van der Waals surface area contributed by atoms with Crippen molar-refractivity contribution in [1.29, 1.82) is 0 Å². The van der Waals surface area contributed by atoms with E-state index in [-0.39, 0.29) is 11.7 Å². The van der Waals surface area contributed by atoms with Crippen molar-refractivity contribution in [2.45, 2.75) is 45.8 Å². The van der Waals surface area contributed by atoms with Crippen LogP contribution in [-0.2, 0) is 13.0 Å². The van der Waals surface area contributed by atoms with E-state index >= 15 is 0 Å². The van der Waals surface area contributed by atoms with Gasteiger partial charge in [0.1, 0.15) is 0 Å². The molecule has 1 aromatic rings. The van der Waals surface area contributed by atoms with Crippen molar-refractivity contribution in [2.24, 2.45) is 11.7 Å². The standard InChI is InChI=1S/C12H18N2O2.C2H6/c13-4-3-10-2-1-5-14(12(10)16)8-9-6-11(15)7-9;1-2/h1-2,5,9,11,15H,3-4,6-8,13H2;1-2H3. The van der Waals surface area contributed by atoms with Crippen LogP contribution in [-0.4, -0.2) is 22.3 Å². The molecular formula is C14H24N2O2. The zero-order valence-corrected chi connectivity index (χ0v) is 11.3. The number of aromatic nitrogens is 1. The molecular weight excluding hydrogens is 228 g/mol. The Labute approximate surface area is 108 Å². The fraction of sp³-hybridized carbons (Fsp3) is 0.643. The first-order valence-corrected chi connectivity index (χ1v) is 6.77. The molecule has 1 heterocycles. The number of hydrogen-bond donors (Lipinski definition) is 2. The van der Waals surface area contributed by atoms with Crippen molar-refractivity contribution in [3.63, 3.8) is 0 Å². The van der Waals surface area contributed by atoms with Crippen molar-refractivity contribution in [3.05, 3.63) is 34.2 Å². The summed E-state index contributed by atoms with van der Waals surface area (Å²) in [5, 5.41) is 9.20. The van der Waals surface area contributed by atoms with E-state index in [1.165, 1.54) is 0 Å². The summed E-state index contributed by atoms with van der Waals surface area (Å²) in [5.41, 5.74) is 6.30.